The highest BCUT2D eigenvalue weighted by molar-refractivity contribution is 5.18. The molecule has 2 nitrogen and oxygen atoms in total. The molecule has 1 rings (SSSR count). The third kappa shape index (κ3) is 2.88. The molecular formula is C12H15N2. The van der Waals surface area contributed by atoms with Crippen LogP contribution in [0.3, 0.4) is 0 Å². The van der Waals surface area contributed by atoms with Gasteiger partial charge in [0.2, 0.25) is 0 Å². The highest BCUT2D eigenvalue weighted by Crippen LogP contribution is 2.17. The molecule has 0 aliphatic carbocycles. The first-order chi connectivity index (χ1) is 6.77. The van der Waals surface area contributed by atoms with Gasteiger partial charge in [-0.05, 0) is 18.4 Å². The molecule has 0 fully saturated rings. The quantitative estimate of drug-likeness (QED) is 0.697. The first-order valence-corrected chi connectivity index (χ1v) is 4.70. The van der Waals surface area contributed by atoms with Crippen LogP contribution in [0.1, 0.15) is 18.0 Å². The third-order valence-corrected chi connectivity index (χ3v) is 2.25. The van der Waals surface area contributed by atoms with Gasteiger partial charge in [-0.2, -0.15) is 0 Å². The molecule has 1 aromatic rings. The van der Waals surface area contributed by atoms with Crippen molar-refractivity contribution in [3.8, 4) is 5.92 Å². The van der Waals surface area contributed by atoms with Gasteiger partial charge in [0.05, 0.1) is 0 Å². The molecule has 0 aromatic heterocycles. The van der Waals surface area contributed by atoms with Gasteiger partial charge in [0.1, 0.15) is 0 Å². The number of nitrogens with two attached hydrogens (primary N) is 2. The minimum Gasteiger partial charge on any atom is -0.329 e. The highest BCUT2D eigenvalue weighted by atomic mass is 14.6. The maximum Gasteiger partial charge on any atom is 0.0353 e. The molecule has 0 heterocycles. The number of hydrogen-bond acceptors (Lipinski definition) is 2. The van der Waals surface area contributed by atoms with Crippen molar-refractivity contribution in [2.75, 3.05) is 6.54 Å². The third-order valence-electron chi connectivity index (χ3n) is 2.25. The van der Waals surface area contributed by atoms with Crippen molar-refractivity contribution in [3.05, 3.63) is 42.3 Å². The van der Waals surface area contributed by atoms with Crippen LogP contribution in [-0.2, 0) is 0 Å². The molecule has 2 heteroatoms. The van der Waals surface area contributed by atoms with Gasteiger partial charge in [-0.25, -0.2) is 0 Å². The van der Waals surface area contributed by atoms with Crippen molar-refractivity contribution in [1.29, 1.82) is 0 Å². The molecule has 0 amide bonds. The topological polar surface area (TPSA) is 52.0 Å². The molecule has 1 aromatic carbocycles. The van der Waals surface area contributed by atoms with E-state index in [-0.39, 0.29) is 12.0 Å². The molecule has 0 spiro atoms. The summed E-state index contributed by atoms with van der Waals surface area (Å²) < 4.78 is 0. The molecule has 0 bridgehead atoms. The van der Waals surface area contributed by atoms with E-state index in [2.05, 4.69) is 5.92 Å². The van der Waals surface area contributed by atoms with Gasteiger partial charge >= 0.3 is 0 Å². The van der Waals surface area contributed by atoms with Crippen molar-refractivity contribution >= 4 is 0 Å². The van der Waals surface area contributed by atoms with Crippen molar-refractivity contribution < 1.29 is 0 Å². The molecule has 1 radical (unpaired) electrons. The Morgan fingerprint density at radius 3 is 2.43 bits per heavy atom. The van der Waals surface area contributed by atoms with E-state index in [0.29, 0.717) is 13.0 Å². The Bertz CT molecular complexity index is 300. The van der Waals surface area contributed by atoms with E-state index >= 15 is 0 Å². The van der Waals surface area contributed by atoms with E-state index < -0.39 is 0 Å². The summed E-state index contributed by atoms with van der Waals surface area (Å²) in [5.74, 6) is 2.36. The predicted octanol–water partition coefficient (Wildman–Crippen LogP) is 1.24. The molecule has 14 heavy (non-hydrogen) atoms. The standard InChI is InChI=1S/C12H15N2/c1-2-10(9-13)8-12(14)11-6-4-3-5-7-11/h3-7,10,12H,8-9,13-14H2. The second-order valence-corrected chi connectivity index (χ2v) is 3.33. The van der Waals surface area contributed by atoms with Crippen LogP contribution in [0.4, 0.5) is 0 Å². The minimum absolute atomic E-state index is 0.0368. The Hall–Kier alpha value is -1.30. The maximum absolute atomic E-state index is 7.03. The molecular weight excluding hydrogens is 172 g/mol. The van der Waals surface area contributed by atoms with Crippen LogP contribution in [0, 0.1) is 18.3 Å². The fourth-order valence-electron chi connectivity index (χ4n) is 1.36. The van der Waals surface area contributed by atoms with E-state index in [9.17, 15) is 0 Å². The van der Waals surface area contributed by atoms with Gasteiger partial charge in [0, 0.05) is 18.5 Å². The van der Waals surface area contributed by atoms with Crippen molar-refractivity contribution in [2.45, 2.75) is 12.5 Å². The molecule has 2 unspecified atom stereocenters. The van der Waals surface area contributed by atoms with Crippen molar-refractivity contribution in [2.24, 2.45) is 17.4 Å². The summed E-state index contributed by atoms with van der Waals surface area (Å²) in [6.45, 7) is 0.435. The lowest BCUT2D eigenvalue weighted by atomic mass is 9.96. The Labute approximate surface area is 85.3 Å². The summed E-state index contributed by atoms with van der Waals surface area (Å²) in [4.78, 5) is 0. The summed E-state index contributed by atoms with van der Waals surface area (Å²) in [6, 6.07) is 9.80. The number of hydrogen-bond donors (Lipinski definition) is 2. The van der Waals surface area contributed by atoms with Crippen LogP contribution in [-0.4, -0.2) is 6.54 Å². The molecule has 0 aliphatic rings. The van der Waals surface area contributed by atoms with Crippen LogP contribution in [0.5, 0.6) is 0 Å². The van der Waals surface area contributed by atoms with E-state index in [4.69, 9.17) is 17.9 Å². The minimum atomic E-state index is -0.0531. The SMILES string of the molecule is [C]#CC(CN)CC(N)c1ccccc1. The van der Waals surface area contributed by atoms with E-state index in [1.54, 1.807) is 0 Å². The first kappa shape index (κ1) is 10.8. The van der Waals surface area contributed by atoms with E-state index in [1.165, 1.54) is 0 Å². The zero-order valence-electron chi connectivity index (χ0n) is 8.11. The second-order valence-electron chi connectivity index (χ2n) is 3.33. The Morgan fingerprint density at radius 2 is 1.93 bits per heavy atom. The van der Waals surface area contributed by atoms with Gasteiger partial charge < -0.3 is 11.5 Å². The molecule has 73 valence electrons. The lowest BCUT2D eigenvalue weighted by Crippen LogP contribution is -2.20. The zero-order chi connectivity index (χ0) is 10.4. The fraction of sp³-hybridized carbons (Fsp3) is 0.333. The summed E-state index contributed by atoms with van der Waals surface area (Å²) in [7, 11) is 0. The number of rotatable bonds is 4. The van der Waals surface area contributed by atoms with Crippen LogP contribution in [0.15, 0.2) is 30.3 Å². The summed E-state index contributed by atoms with van der Waals surface area (Å²) in [5, 5.41) is 0. The second kappa shape index (κ2) is 5.43. The average molecular weight is 187 g/mol. The van der Waals surface area contributed by atoms with Crippen LogP contribution < -0.4 is 11.5 Å². The van der Waals surface area contributed by atoms with Crippen LogP contribution in [0.25, 0.3) is 0 Å². The van der Waals surface area contributed by atoms with Crippen molar-refractivity contribution in [1.82, 2.24) is 0 Å². The normalized spacial score (nSPS) is 14.4. The summed E-state index contributed by atoms with van der Waals surface area (Å²) in [5.41, 5.74) is 12.5. The molecule has 4 N–H and O–H groups in total. The monoisotopic (exact) mass is 187 g/mol. The Balaban J connectivity index is 2.59. The van der Waals surface area contributed by atoms with Gasteiger partial charge in [-0.3, -0.25) is 0 Å². The van der Waals surface area contributed by atoms with Gasteiger partial charge in [-0.15, -0.1) is 0 Å². The van der Waals surface area contributed by atoms with Crippen LogP contribution in [0.2, 0.25) is 0 Å². The first-order valence-electron chi connectivity index (χ1n) is 4.70. The van der Waals surface area contributed by atoms with Crippen molar-refractivity contribution in [3.63, 3.8) is 0 Å². The maximum atomic E-state index is 7.03. The Morgan fingerprint density at radius 1 is 1.29 bits per heavy atom. The number of benzene rings is 1. The average Bonchev–Trinajstić information content (AvgIpc) is 2.26. The van der Waals surface area contributed by atoms with E-state index in [0.717, 1.165) is 5.56 Å². The molecule has 0 saturated carbocycles. The lowest BCUT2D eigenvalue weighted by Gasteiger charge is -2.15. The molecule has 0 saturated heterocycles. The summed E-state index contributed by atoms with van der Waals surface area (Å²) >= 11 is 0. The fourth-order valence-corrected chi connectivity index (χ4v) is 1.36. The lowest BCUT2D eigenvalue weighted by molar-refractivity contribution is 0.537. The summed E-state index contributed by atoms with van der Waals surface area (Å²) in [6.07, 6.45) is 7.71. The zero-order valence-corrected chi connectivity index (χ0v) is 8.11. The van der Waals surface area contributed by atoms with Gasteiger partial charge in [-0.1, -0.05) is 36.3 Å². The van der Waals surface area contributed by atoms with Crippen LogP contribution >= 0.6 is 0 Å². The van der Waals surface area contributed by atoms with Gasteiger partial charge in [0.25, 0.3) is 0 Å². The van der Waals surface area contributed by atoms with E-state index in [1.807, 2.05) is 30.3 Å². The smallest absolute Gasteiger partial charge is 0.0353 e. The van der Waals surface area contributed by atoms with Gasteiger partial charge in [0.15, 0.2) is 0 Å². The molecule has 0 aliphatic heterocycles. The Kier molecular flexibility index (Phi) is 4.18. The molecule has 2 atom stereocenters. The highest BCUT2D eigenvalue weighted by Gasteiger charge is 2.11. The predicted molar refractivity (Wildman–Crippen MR) is 57.7 cm³/mol. The largest absolute Gasteiger partial charge is 0.329 e.